The molecule has 0 fully saturated rings. The molecule has 2 nitrogen and oxygen atoms in total. The number of hydrogen-bond donors (Lipinski definition) is 0. The molecule has 0 aliphatic rings. The van der Waals surface area contributed by atoms with Gasteiger partial charge >= 0.3 is 5.97 Å². The zero-order valence-corrected chi connectivity index (χ0v) is 13.5. The van der Waals surface area contributed by atoms with E-state index in [9.17, 15) is 4.79 Å². The lowest BCUT2D eigenvalue weighted by Gasteiger charge is -2.17. The van der Waals surface area contributed by atoms with Crippen molar-refractivity contribution in [3.8, 4) is 0 Å². The van der Waals surface area contributed by atoms with Crippen molar-refractivity contribution < 1.29 is 9.22 Å². The molecule has 106 valence electrons. The van der Waals surface area contributed by atoms with Crippen LogP contribution in [0.15, 0.2) is 54.6 Å². The van der Waals surface area contributed by atoms with E-state index in [2.05, 4.69) is 24.3 Å². The van der Waals surface area contributed by atoms with Crippen LogP contribution in [0.4, 0.5) is 0 Å². The molecule has 0 aliphatic carbocycles. The predicted molar refractivity (Wildman–Crippen MR) is 90.2 cm³/mol. The summed E-state index contributed by atoms with van der Waals surface area (Å²) in [5, 5.41) is 4.60. The third kappa shape index (κ3) is 2.98. The van der Waals surface area contributed by atoms with Crippen LogP contribution in [0.1, 0.15) is 10.4 Å². The first-order chi connectivity index (χ1) is 9.92. The minimum atomic E-state index is -1.86. The van der Waals surface area contributed by atoms with E-state index < -0.39 is 8.32 Å². The molecule has 3 rings (SSSR count). The van der Waals surface area contributed by atoms with Crippen molar-refractivity contribution in [3.05, 3.63) is 60.2 Å². The second kappa shape index (κ2) is 5.01. The summed E-state index contributed by atoms with van der Waals surface area (Å²) in [7, 11) is -1.86. The molecule has 0 aliphatic heterocycles. The molecule has 0 radical (unpaired) electrons. The summed E-state index contributed by atoms with van der Waals surface area (Å²) in [6.07, 6.45) is 0. The van der Waals surface area contributed by atoms with E-state index in [4.69, 9.17) is 4.43 Å². The second-order valence-corrected chi connectivity index (χ2v) is 10.7. The van der Waals surface area contributed by atoms with E-state index in [-0.39, 0.29) is 5.97 Å². The molecule has 21 heavy (non-hydrogen) atoms. The summed E-state index contributed by atoms with van der Waals surface area (Å²) in [6.45, 7) is 6.04. The molecule has 3 heteroatoms. The lowest BCUT2D eigenvalue weighted by Crippen LogP contribution is -2.29. The molecule has 0 saturated carbocycles. The molecule has 3 aromatic rings. The van der Waals surface area contributed by atoms with Crippen LogP contribution in [-0.2, 0) is 4.43 Å². The number of fused-ring (bicyclic) bond motifs is 2. The van der Waals surface area contributed by atoms with Crippen LogP contribution in [0.25, 0.3) is 21.5 Å². The maximum atomic E-state index is 12.2. The fraction of sp³-hybridized carbons (Fsp3) is 0.167. The molecule has 0 N–H and O–H groups in total. The van der Waals surface area contributed by atoms with E-state index in [1.54, 1.807) is 0 Å². The molecule has 0 unspecified atom stereocenters. The van der Waals surface area contributed by atoms with Crippen LogP contribution in [0.3, 0.4) is 0 Å². The largest absolute Gasteiger partial charge is 0.516 e. The van der Waals surface area contributed by atoms with Crippen molar-refractivity contribution in [1.82, 2.24) is 0 Å². The Hall–Kier alpha value is -2.13. The Morgan fingerprint density at radius 3 is 2.00 bits per heavy atom. The summed E-state index contributed by atoms with van der Waals surface area (Å²) in [5.74, 6) is -0.218. The van der Waals surface area contributed by atoms with Crippen LogP contribution >= 0.6 is 0 Å². The zero-order valence-electron chi connectivity index (χ0n) is 12.5. The first kappa shape index (κ1) is 13.8. The third-order valence-corrected chi connectivity index (χ3v) is 4.14. The molecule has 0 heterocycles. The Kier molecular flexibility index (Phi) is 3.30. The smallest absolute Gasteiger partial charge is 0.324 e. The predicted octanol–water partition coefficient (Wildman–Crippen LogP) is 4.98. The third-order valence-electron chi connectivity index (χ3n) is 3.34. The average Bonchev–Trinajstić information content (AvgIpc) is 2.42. The number of carbonyl (C=O) groups is 1. The van der Waals surface area contributed by atoms with Crippen molar-refractivity contribution in [3.63, 3.8) is 0 Å². The molecule has 0 bridgehead atoms. The van der Waals surface area contributed by atoms with E-state index in [1.807, 2.05) is 50.0 Å². The average molecular weight is 294 g/mol. The van der Waals surface area contributed by atoms with Crippen LogP contribution in [0, 0.1) is 0 Å². The van der Waals surface area contributed by atoms with Gasteiger partial charge in [-0.25, -0.2) is 4.79 Å². The maximum Gasteiger partial charge on any atom is 0.324 e. The summed E-state index contributed by atoms with van der Waals surface area (Å²) in [4.78, 5) is 12.2. The highest BCUT2D eigenvalue weighted by molar-refractivity contribution is 6.71. The van der Waals surface area contributed by atoms with Gasteiger partial charge in [0.05, 0.1) is 5.56 Å². The zero-order chi connectivity index (χ0) is 15.0. The van der Waals surface area contributed by atoms with Gasteiger partial charge in [0, 0.05) is 0 Å². The Labute approximate surface area is 125 Å². The molecular weight excluding hydrogens is 276 g/mol. The van der Waals surface area contributed by atoms with Gasteiger partial charge in [0.25, 0.3) is 0 Å². The topological polar surface area (TPSA) is 26.3 Å². The SMILES string of the molecule is C[Si](C)(C)OC(=O)c1ccc2cc3ccccc3cc2c1. The Morgan fingerprint density at radius 2 is 1.38 bits per heavy atom. The monoisotopic (exact) mass is 294 g/mol. The molecule has 0 spiro atoms. The lowest BCUT2D eigenvalue weighted by atomic mass is 10.0. The Balaban J connectivity index is 2.07. The highest BCUT2D eigenvalue weighted by atomic mass is 28.4. The van der Waals surface area contributed by atoms with E-state index in [1.165, 1.54) is 10.8 Å². The first-order valence-corrected chi connectivity index (χ1v) is 10.5. The van der Waals surface area contributed by atoms with E-state index in [0.717, 1.165) is 10.8 Å². The van der Waals surface area contributed by atoms with Gasteiger partial charge in [0.1, 0.15) is 0 Å². The van der Waals surface area contributed by atoms with Crippen LogP contribution < -0.4 is 0 Å². The quantitative estimate of drug-likeness (QED) is 0.492. The normalized spacial score (nSPS) is 11.8. The second-order valence-electron chi connectivity index (χ2n) is 6.26. The van der Waals surface area contributed by atoms with Crippen molar-refractivity contribution in [2.75, 3.05) is 0 Å². The van der Waals surface area contributed by atoms with E-state index in [0.29, 0.717) is 5.56 Å². The summed E-state index contributed by atoms with van der Waals surface area (Å²) in [5.41, 5.74) is 0.625. The number of carbonyl (C=O) groups excluding carboxylic acids is 1. The van der Waals surface area contributed by atoms with Crippen LogP contribution in [0.2, 0.25) is 19.6 Å². The van der Waals surface area contributed by atoms with Crippen molar-refractivity contribution in [1.29, 1.82) is 0 Å². The van der Waals surface area contributed by atoms with Gasteiger partial charge in [-0.15, -0.1) is 0 Å². The van der Waals surface area contributed by atoms with E-state index >= 15 is 0 Å². The number of rotatable bonds is 2. The Bertz CT molecular complexity index is 831. The number of hydrogen-bond acceptors (Lipinski definition) is 2. The maximum absolute atomic E-state index is 12.2. The molecule has 0 atom stereocenters. The molecular formula is C18H18O2Si. The van der Waals surface area contributed by atoms with Crippen molar-refractivity contribution >= 4 is 35.8 Å². The van der Waals surface area contributed by atoms with Crippen LogP contribution in [0.5, 0.6) is 0 Å². The minimum absolute atomic E-state index is 0.218. The molecule has 0 aromatic heterocycles. The van der Waals surface area contributed by atoms with Crippen LogP contribution in [-0.4, -0.2) is 14.3 Å². The first-order valence-electron chi connectivity index (χ1n) is 7.08. The van der Waals surface area contributed by atoms with Crippen molar-refractivity contribution in [2.24, 2.45) is 0 Å². The van der Waals surface area contributed by atoms with Gasteiger partial charge in [0.2, 0.25) is 8.32 Å². The summed E-state index contributed by atoms with van der Waals surface area (Å²) in [6, 6.07) is 18.3. The lowest BCUT2D eigenvalue weighted by molar-refractivity contribution is 0.0725. The fourth-order valence-electron chi connectivity index (χ4n) is 2.40. The highest BCUT2D eigenvalue weighted by Crippen LogP contribution is 2.24. The minimum Gasteiger partial charge on any atom is -0.516 e. The van der Waals surface area contributed by atoms with Crippen molar-refractivity contribution in [2.45, 2.75) is 19.6 Å². The summed E-state index contributed by atoms with van der Waals surface area (Å²) < 4.78 is 5.56. The standard InChI is InChI=1S/C18H18O2Si/c1-21(2,3)20-18(19)16-9-8-15-10-13-6-4-5-7-14(13)11-17(15)12-16/h4-12H,1-3H3. The van der Waals surface area contributed by atoms with Gasteiger partial charge in [-0.05, 0) is 65.5 Å². The Morgan fingerprint density at radius 1 is 0.810 bits per heavy atom. The molecule has 3 aromatic carbocycles. The van der Waals surface area contributed by atoms with Gasteiger partial charge in [-0.3, -0.25) is 0 Å². The number of benzene rings is 3. The summed E-state index contributed by atoms with van der Waals surface area (Å²) >= 11 is 0. The highest BCUT2D eigenvalue weighted by Gasteiger charge is 2.21. The van der Waals surface area contributed by atoms with Gasteiger partial charge in [-0.2, -0.15) is 0 Å². The molecule has 0 amide bonds. The van der Waals surface area contributed by atoms with Gasteiger partial charge < -0.3 is 4.43 Å². The molecule has 0 saturated heterocycles. The van der Waals surface area contributed by atoms with Gasteiger partial charge in [-0.1, -0.05) is 30.3 Å². The van der Waals surface area contributed by atoms with Gasteiger partial charge in [0.15, 0.2) is 0 Å². The fourth-order valence-corrected chi connectivity index (χ4v) is 3.08.